The molecule has 3 aromatic carbocycles. The Morgan fingerprint density at radius 1 is 0.850 bits per heavy atom. The molecule has 0 amide bonds. The lowest BCUT2D eigenvalue weighted by atomic mass is 9.85. The Hall–Kier alpha value is -3.99. The molecule has 11 heteroatoms. The van der Waals surface area contributed by atoms with Crippen LogP contribution in [0.3, 0.4) is 0 Å². The molecule has 0 aliphatic rings. The van der Waals surface area contributed by atoms with Crippen molar-refractivity contribution < 1.29 is 40.6 Å². The summed E-state index contributed by atoms with van der Waals surface area (Å²) in [6, 6.07) is 20.0. The highest BCUT2D eigenvalue weighted by atomic mass is 19.4. The molecule has 40 heavy (non-hydrogen) atoms. The average molecular weight is 565 g/mol. The van der Waals surface area contributed by atoms with E-state index in [1.54, 1.807) is 43.0 Å². The first-order valence-corrected chi connectivity index (χ1v) is 12.2. The lowest BCUT2D eigenvalue weighted by Gasteiger charge is -2.42. The molecule has 212 valence electrons. The van der Waals surface area contributed by atoms with Crippen molar-refractivity contribution in [3.05, 3.63) is 114 Å². The van der Waals surface area contributed by atoms with Crippen LogP contribution in [0.4, 0.5) is 32.0 Å². The van der Waals surface area contributed by atoms with E-state index < -0.39 is 29.1 Å². The molecule has 1 unspecified atom stereocenters. The molecule has 0 spiro atoms. The minimum atomic E-state index is -5.98. The molecule has 4 aromatic rings. The molecule has 0 bridgehead atoms. The number of halogens is 6. The molecule has 1 heterocycles. The molecule has 0 aliphatic heterocycles. The van der Waals surface area contributed by atoms with Gasteiger partial charge in [0.2, 0.25) is 0 Å². The van der Waals surface area contributed by atoms with Gasteiger partial charge in [-0.2, -0.15) is 26.3 Å². The maximum absolute atomic E-state index is 13.4. The van der Waals surface area contributed by atoms with Crippen LogP contribution < -0.4 is 9.64 Å². The molecule has 5 nitrogen and oxygen atoms in total. The topological polar surface area (TPSA) is 58.7 Å². The number of para-hydroxylation sites is 1. The van der Waals surface area contributed by atoms with E-state index in [4.69, 9.17) is 9.15 Å². The molecule has 0 radical (unpaired) electrons. The van der Waals surface area contributed by atoms with Gasteiger partial charge in [-0.3, -0.25) is 0 Å². The highest BCUT2D eigenvalue weighted by molar-refractivity contribution is 5.58. The number of alkyl halides is 6. The van der Waals surface area contributed by atoms with E-state index in [0.29, 0.717) is 29.1 Å². The molecular formula is C29H26F6N2O3. The second kappa shape index (κ2) is 10.9. The summed E-state index contributed by atoms with van der Waals surface area (Å²) >= 11 is 0. The first-order chi connectivity index (χ1) is 18.8. The first-order valence-electron chi connectivity index (χ1n) is 12.2. The van der Waals surface area contributed by atoms with E-state index in [1.807, 2.05) is 30.3 Å². The molecule has 1 N–H and O–H groups in total. The summed E-state index contributed by atoms with van der Waals surface area (Å²) in [7, 11) is 0. The Morgan fingerprint density at radius 2 is 1.45 bits per heavy atom. The normalized spacial score (nSPS) is 14.0. The molecule has 0 aliphatic carbocycles. The van der Waals surface area contributed by atoms with Gasteiger partial charge in [-0.25, -0.2) is 4.98 Å². The number of benzene rings is 3. The van der Waals surface area contributed by atoms with Crippen molar-refractivity contribution in [3.8, 4) is 5.75 Å². The molecular weight excluding hydrogens is 538 g/mol. The Morgan fingerprint density at radius 3 is 2.00 bits per heavy atom. The second-order valence-electron chi connectivity index (χ2n) is 9.21. The first kappa shape index (κ1) is 29.0. The molecule has 4 rings (SSSR count). The zero-order valence-corrected chi connectivity index (χ0v) is 21.5. The Labute approximate surface area is 226 Å². The summed E-state index contributed by atoms with van der Waals surface area (Å²) in [5, 5.41) is 9.82. The number of aliphatic hydroxyl groups is 1. The van der Waals surface area contributed by atoms with Gasteiger partial charge in [-0.05, 0) is 37.6 Å². The van der Waals surface area contributed by atoms with Gasteiger partial charge >= 0.3 is 12.4 Å². The molecule has 1 aromatic heterocycles. The van der Waals surface area contributed by atoms with Crippen LogP contribution in [0, 0.1) is 0 Å². The van der Waals surface area contributed by atoms with Crippen LogP contribution in [0.25, 0.3) is 0 Å². The maximum Gasteiger partial charge on any atom is 0.430 e. The van der Waals surface area contributed by atoms with Gasteiger partial charge in [-0.1, -0.05) is 60.7 Å². The van der Waals surface area contributed by atoms with Gasteiger partial charge < -0.3 is 19.2 Å². The van der Waals surface area contributed by atoms with Crippen LogP contribution >= 0.6 is 0 Å². The van der Waals surface area contributed by atoms with Crippen molar-refractivity contribution >= 4 is 5.69 Å². The third-order valence-electron chi connectivity index (χ3n) is 6.85. The zero-order valence-electron chi connectivity index (χ0n) is 21.5. The number of hydrogen-bond acceptors (Lipinski definition) is 5. The van der Waals surface area contributed by atoms with Gasteiger partial charge in [0.25, 0.3) is 5.60 Å². The molecule has 1 atom stereocenters. The fourth-order valence-corrected chi connectivity index (χ4v) is 4.73. The smallest absolute Gasteiger partial charge is 0.430 e. The lowest BCUT2D eigenvalue weighted by Crippen LogP contribution is -2.54. The summed E-state index contributed by atoms with van der Waals surface area (Å²) in [6.45, 7) is 4.09. The lowest BCUT2D eigenvalue weighted by molar-refractivity contribution is -0.376. The van der Waals surface area contributed by atoms with Crippen molar-refractivity contribution in [1.29, 1.82) is 0 Å². The summed E-state index contributed by atoms with van der Waals surface area (Å²) in [4.78, 5) is 6.09. The summed E-state index contributed by atoms with van der Waals surface area (Å²) in [5.74, 6) is 0.496. The fourth-order valence-electron chi connectivity index (χ4n) is 4.73. The number of nitrogens with zero attached hydrogens (tertiary/aromatic N) is 2. The minimum absolute atomic E-state index is 0.251. The van der Waals surface area contributed by atoms with Crippen LogP contribution in [0.5, 0.6) is 5.75 Å². The average Bonchev–Trinajstić information content (AvgIpc) is 3.47. The van der Waals surface area contributed by atoms with Crippen molar-refractivity contribution in [2.45, 2.75) is 43.9 Å². The van der Waals surface area contributed by atoms with Crippen molar-refractivity contribution in [2.24, 2.45) is 0 Å². The van der Waals surface area contributed by atoms with E-state index >= 15 is 0 Å². The zero-order chi connectivity index (χ0) is 29.2. The van der Waals surface area contributed by atoms with Crippen LogP contribution in [0.2, 0.25) is 0 Å². The predicted molar refractivity (Wildman–Crippen MR) is 136 cm³/mol. The van der Waals surface area contributed by atoms with Crippen molar-refractivity contribution in [3.63, 3.8) is 0 Å². The minimum Gasteiger partial charge on any atom is -0.489 e. The predicted octanol–water partition coefficient (Wildman–Crippen LogP) is 7.36. The summed E-state index contributed by atoms with van der Waals surface area (Å²) < 4.78 is 92.0. The fraction of sp³-hybridized carbons (Fsp3) is 0.276. The number of aromatic nitrogens is 1. The number of ether oxygens (including phenoxy) is 1. The number of oxazole rings is 1. The maximum atomic E-state index is 13.4. The SMILES string of the molecule is CCN(c1ccc(C(O)(C(F)(F)F)C(F)(F)F)cc1)C(C)(c1cocn1)c1ccccc1OCc1ccccc1. The van der Waals surface area contributed by atoms with Gasteiger partial charge in [0.15, 0.2) is 6.39 Å². The van der Waals surface area contributed by atoms with Crippen molar-refractivity contribution in [2.75, 3.05) is 11.4 Å². The summed E-state index contributed by atoms with van der Waals surface area (Å²) in [6.07, 6.45) is -9.33. The van der Waals surface area contributed by atoms with Crippen LogP contribution in [-0.4, -0.2) is 29.0 Å². The van der Waals surface area contributed by atoms with Crippen LogP contribution in [0.1, 0.15) is 36.2 Å². The van der Waals surface area contributed by atoms with Gasteiger partial charge in [-0.15, -0.1) is 0 Å². The number of hydrogen-bond donors (Lipinski definition) is 1. The standard InChI is InChI=1S/C29H26F6N2O3/c1-3-37(22-15-13-21(14-16-22)27(38,28(30,31)32)29(33,34)35)26(2,25-18-39-19-36-25)23-11-7-8-12-24(23)40-17-20-9-5-4-6-10-20/h4-16,18-19,38H,3,17H2,1-2H3. The third kappa shape index (κ3) is 5.13. The Kier molecular flexibility index (Phi) is 7.89. The van der Waals surface area contributed by atoms with E-state index in [2.05, 4.69) is 4.98 Å². The quantitative estimate of drug-likeness (QED) is 0.215. The molecule has 0 saturated carbocycles. The highest BCUT2D eigenvalue weighted by Gasteiger charge is 2.71. The second-order valence-corrected chi connectivity index (χ2v) is 9.21. The van der Waals surface area contributed by atoms with E-state index in [9.17, 15) is 31.4 Å². The van der Waals surface area contributed by atoms with Crippen molar-refractivity contribution in [1.82, 2.24) is 4.98 Å². The summed E-state index contributed by atoms with van der Waals surface area (Å²) in [5.41, 5.74) is -5.25. The van der Waals surface area contributed by atoms with E-state index in [-0.39, 0.29) is 18.8 Å². The number of anilines is 1. The van der Waals surface area contributed by atoms with Gasteiger partial charge in [0.1, 0.15) is 29.9 Å². The van der Waals surface area contributed by atoms with E-state index in [0.717, 1.165) is 17.7 Å². The molecule has 0 fully saturated rings. The van der Waals surface area contributed by atoms with Gasteiger partial charge in [0, 0.05) is 23.4 Å². The van der Waals surface area contributed by atoms with E-state index in [1.165, 1.54) is 12.7 Å². The van der Waals surface area contributed by atoms with Crippen LogP contribution in [-0.2, 0) is 17.7 Å². The third-order valence-corrected chi connectivity index (χ3v) is 6.85. The highest BCUT2D eigenvalue weighted by Crippen LogP contribution is 2.50. The molecule has 0 saturated heterocycles. The largest absolute Gasteiger partial charge is 0.489 e. The number of rotatable bonds is 9. The van der Waals surface area contributed by atoms with Crippen LogP contribution in [0.15, 0.2) is 95.9 Å². The Balaban J connectivity index is 1.79. The monoisotopic (exact) mass is 564 g/mol. The Bertz CT molecular complexity index is 1380. The van der Waals surface area contributed by atoms with Gasteiger partial charge in [0.05, 0.1) is 0 Å².